The number of methoxy groups -OCH3 is 1. The summed E-state index contributed by atoms with van der Waals surface area (Å²) in [5, 5.41) is 19.4. The van der Waals surface area contributed by atoms with E-state index >= 15 is 0 Å². The third-order valence-electron chi connectivity index (χ3n) is 5.94. The van der Waals surface area contributed by atoms with Crippen molar-refractivity contribution in [3.8, 4) is 5.75 Å². The van der Waals surface area contributed by atoms with Crippen LogP contribution in [0.25, 0.3) is 10.9 Å². The van der Waals surface area contributed by atoms with Gasteiger partial charge in [-0.15, -0.1) is 22.6 Å². The molecule has 8 nitrogen and oxygen atoms in total. The molecule has 2 N–H and O–H groups in total. The monoisotopic (exact) mass is 511 g/mol. The van der Waals surface area contributed by atoms with Gasteiger partial charge in [-0.05, 0) is 42.0 Å². The number of anilines is 3. The fraction of sp³-hybridized carbons (Fsp3) is 0.435. The van der Waals surface area contributed by atoms with Gasteiger partial charge in [-0.1, -0.05) is 0 Å². The molecule has 35 heavy (non-hydrogen) atoms. The van der Waals surface area contributed by atoms with Crippen molar-refractivity contribution in [1.82, 2.24) is 20.7 Å². The molecule has 0 saturated carbocycles. The third-order valence-corrected chi connectivity index (χ3v) is 5.94. The number of ether oxygens (including phenoxy) is 1. The molecule has 0 aliphatic carbocycles. The van der Waals surface area contributed by atoms with Gasteiger partial charge in [0.1, 0.15) is 11.3 Å². The van der Waals surface area contributed by atoms with Crippen LogP contribution in [0.2, 0.25) is 0 Å². The second-order valence-corrected chi connectivity index (χ2v) is 8.49. The van der Waals surface area contributed by atoms with E-state index in [4.69, 9.17) is 4.74 Å². The molecular formula is C23H29ClF3N7O. The lowest BCUT2D eigenvalue weighted by Gasteiger charge is -2.30. The zero-order valence-electron chi connectivity index (χ0n) is 20.0. The molecule has 12 heteroatoms. The van der Waals surface area contributed by atoms with Gasteiger partial charge in [0.2, 0.25) is 0 Å². The molecule has 2 heterocycles. The number of halogens is 4. The smallest absolute Gasteiger partial charge is 0.416 e. The van der Waals surface area contributed by atoms with Crippen molar-refractivity contribution in [1.29, 1.82) is 0 Å². The number of alkyl halides is 3. The van der Waals surface area contributed by atoms with Crippen LogP contribution < -0.4 is 25.2 Å². The van der Waals surface area contributed by atoms with Gasteiger partial charge >= 0.3 is 6.18 Å². The van der Waals surface area contributed by atoms with E-state index in [1.54, 1.807) is 39.1 Å². The first-order valence-electron chi connectivity index (χ1n) is 11.0. The Morgan fingerprint density at radius 2 is 1.80 bits per heavy atom. The number of benzene rings is 2. The Labute approximate surface area is 208 Å². The van der Waals surface area contributed by atoms with Crippen LogP contribution >= 0.6 is 12.4 Å². The van der Waals surface area contributed by atoms with E-state index < -0.39 is 17.8 Å². The molecule has 0 amide bonds. The van der Waals surface area contributed by atoms with E-state index in [-0.39, 0.29) is 12.4 Å². The van der Waals surface area contributed by atoms with Gasteiger partial charge in [-0.25, -0.2) is 0 Å². The Bertz CT molecular complexity index is 1170. The summed E-state index contributed by atoms with van der Waals surface area (Å²) in [5.41, 5.74) is 1.75. The maximum atomic E-state index is 13.5. The number of aromatic nitrogens is 3. The molecule has 1 fully saturated rings. The standard InChI is InChI=1S/C23H28F3N7O.ClH/c1-14(15-9-16(23(24,25)26)11-17(10-15)32(2)3)28-22-18-12-20(33-7-5-27-6-8-33)21(34-4)13-19(18)29-31-30-22;/h9-14,27H,5-8H2,1-4H3,(H,28,29,30);1H/t14-;/m1./s1. The predicted octanol–water partition coefficient (Wildman–Crippen LogP) is 4.12. The maximum absolute atomic E-state index is 13.5. The summed E-state index contributed by atoms with van der Waals surface area (Å²) in [4.78, 5) is 3.87. The number of nitrogens with zero attached hydrogens (tertiary/aromatic N) is 5. The van der Waals surface area contributed by atoms with Crippen LogP contribution in [-0.4, -0.2) is 62.8 Å². The molecule has 0 radical (unpaired) electrons. The molecule has 0 unspecified atom stereocenters. The number of nitrogens with one attached hydrogen (secondary N) is 2. The molecule has 2 aromatic carbocycles. The highest BCUT2D eigenvalue weighted by Gasteiger charge is 2.32. The third kappa shape index (κ3) is 5.79. The molecule has 4 rings (SSSR count). The number of rotatable bonds is 6. The first kappa shape index (κ1) is 26.6. The van der Waals surface area contributed by atoms with Crippen LogP contribution in [0.3, 0.4) is 0 Å². The summed E-state index contributed by atoms with van der Waals surface area (Å²) in [6.07, 6.45) is -4.45. The summed E-state index contributed by atoms with van der Waals surface area (Å²) >= 11 is 0. The van der Waals surface area contributed by atoms with Crippen LogP contribution in [0.4, 0.5) is 30.4 Å². The van der Waals surface area contributed by atoms with E-state index in [1.165, 1.54) is 0 Å². The highest BCUT2D eigenvalue weighted by atomic mass is 35.5. The van der Waals surface area contributed by atoms with E-state index in [0.29, 0.717) is 28.3 Å². The van der Waals surface area contributed by atoms with Gasteiger partial charge in [-0.3, -0.25) is 0 Å². The molecule has 3 aromatic rings. The van der Waals surface area contributed by atoms with Gasteiger partial charge in [0.25, 0.3) is 0 Å². The normalized spacial score (nSPS) is 14.9. The van der Waals surface area contributed by atoms with E-state index in [9.17, 15) is 13.2 Å². The second-order valence-electron chi connectivity index (χ2n) is 8.49. The van der Waals surface area contributed by atoms with Crippen molar-refractivity contribution in [2.24, 2.45) is 0 Å². The van der Waals surface area contributed by atoms with Gasteiger partial charge < -0.3 is 25.2 Å². The SMILES string of the molecule is COc1cc2nnnc(N[C@H](C)c3cc(N(C)C)cc(C(F)(F)F)c3)c2cc1N1CCNCC1.Cl. The molecule has 1 aromatic heterocycles. The quantitative estimate of drug-likeness (QED) is 0.512. The molecule has 190 valence electrons. The van der Waals surface area contributed by atoms with Gasteiger partial charge in [0, 0.05) is 57.4 Å². The van der Waals surface area contributed by atoms with Crippen LogP contribution in [0.1, 0.15) is 24.1 Å². The highest BCUT2D eigenvalue weighted by molar-refractivity contribution is 5.93. The van der Waals surface area contributed by atoms with Gasteiger partial charge in [0.05, 0.1) is 24.4 Å². The average molecular weight is 512 g/mol. The summed E-state index contributed by atoms with van der Waals surface area (Å²) in [5.74, 6) is 1.13. The maximum Gasteiger partial charge on any atom is 0.416 e. The van der Waals surface area contributed by atoms with E-state index in [1.807, 2.05) is 12.1 Å². The van der Waals surface area contributed by atoms with Crippen molar-refractivity contribution in [3.05, 3.63) is 41.5 Å². The molecule has 1 aliphatic rings. The van der Waals surface area contributed by atoms with Crippen LogP contribution in [0, 0.1) is 0 Å². The van der Waals surface area contributed by atoms with Crippen molar-refractivity contribution in [2.45, 2.75) is 19.1 Å². The number of piperazine rings is 1. The molecule has 1 atom stereocenters. The Morgan fingerprint density at radius 1 is 1.09 bits per heavy atom. The van der Waals surface area contributed by atoms with Crippen molar-refractivity contribution in [3.63, 3.8) is 0 Å². The molecule has 1 saturated heterocycles. The van der Waals surface area contributed by atoms with Gasteiger partial charge in [0.15, 0.2) is 5.82 Å². The number of fused-ring (bicyclic) bond motifs is 1. The molecule has 0 bridgehead atoms. The van der Waals surface area contributed by atoms with Crippen molar-refractivity contribution in [2.75, 3.05) is 62.5 Å². The molecule has 0 spiro atoms. The topological polar surface area (TPSA) is 78.4 Å². The Morgan fingerprint density at radius 3 is 2.43 bits per heavy atom. The number of hydrogen-bond acceptors (Lipinski definition) is 8. The minimum Gasteiger partial charge on any atom is -0.495 e. The molecular weight excluding hydrogens is 483 g/mol. The largest absolute Gasteiger partial charge is 0.495 e. The Hall–Kier alpha value is -3.05. The summed E-state index contributed by atoms with van der Waals surface area (Å²) < 4.78 is 46.1. The summed E-state index contributed by atoms with van der Waals surface area (Å²) in [6.45, 7) is 5.17. The van der Waals surface area contributed by atoms with Crippen LogP contribution in [-0.2, 0) is 6.18 Å². The predicted molar refractivity (Wildman–Crippen MR) is 134 cm³/mol. The average Bonchev–Trinajstić information content (AvgIpc) is 2.83. The summed E-state index contributed by atoms with van der Waals surface area (Å²) in [7, 11) is 5.03. The van der Waals surface area contributed by atoms with E-state index in [0.717, 1.165) is 49.4 Å². The van der Waals surface area contributed by atoms with Crippen LogP contribution in [0.15, 0.2) is 30.3 Å². The Kier molecular flexibility index (Phi) is 8.11. The lowest BCUT2D eigenvalue weighted by Crippen LogP contribution is -2.43. The Balaban J connectivity index is 0.00000342. The fourth-order valence-electron chi connectivity index (χ4n) is 4.02. The zero-order chi connectivity index (χ0) is 24.5. The van der Waals surface area contributed by atoms with E-state index in [2.05, 4.69) is 30.9 Å². The van der Waals surface area contributed by atoms with Crippen molar-refractivity contribution >= 4 is 40.5 Å². The highest BCUT2D eigenvalue weighted by Crippen LogP contribution is 2.37. The number of hydrogen-bond donors (Lipinski definition) is 2. The second kappa shape index (κ2) is 10.7. The van der Waals surface area contributed by atoms with Crippen molar-refractivity contribution < 1.29 is 17.9 Å². The zero-order valence-corrected chi connectivity index (χ0v) is 20.8. The van der Waals surface area contributed by atoms with Crippen LogP contribution in [0.5, 0.6) is 5.75 Å². The van der Waals surface area contributed by atoms with Gasteiger partial charge in [-0.2, -0.15) is 13.2 Å². The molecule has 1 aliphatic heterocycles. The minimum absolute atomic E-state index is 0. The fourth-order valence-corrected chi connectivity index (χ4v) is 4.02. The lowest BCUT2D eigenvalue weighted by molar-refractivity contribution is -0.137. The first-order chi connectivity index (χ1) is 16.2. The first-order valence-corrected chi connectivity index (χ1v) is 11.0. The summed E-state index contributed by atoms with van der Waals surface area (Å²) in [6, 6.07) is 7.34. The minimum atomic E-state index is -4.45. The lowest BCUT2D eigenvalue weighted by atomic mass is 10.0.